The maximum atomic E-state index is 12.3. The molecule has 12 nitrogen and oxygen atoms in total. The van der Waals surface area contributed by atoms with E-state index in [0.717, 1.165) is 0 Å². The zero-order valence-corrected chi connectivity index (χ0v) is 21.0. The SMILES string of the molecule is COc1cc(C=CC(=O)CC(=O)C=Cc2ccc(O[C@@H]3O[C@H](C(=O)O)[C@@H](O)[C@H](O)[C@H]3O)c(OC)c2)ccc1O. The molecule has 12 heteroatoms. The average Bonchev–Trinajstić information content (AvgIpc) is 2.91. The van der Waals surface area contributed by atoms with Gasteiger partial charge in [0, 0.05) is 0 Å². The van der Waals surface area contributed by atoms with Gasteiger partial charge in [0.15, 0.2) is 40.7 Å². The van der Waals surface area contributed by atoms with E-state index in [1.807, 2.05) is 0 Å². The van der Waals surface area contributed by atoms with E-state index in [1.165, 1.54) is 62.8 Å². The van der Waals surface area contributed by atoms with Crippen molar-refractivity contribution in [3.05, 3.63) is 59.7 Å². The number of hydrogen-bond donors (Lipinski definition) is 5. The first-order chi connectivity index (χ1) is 18.5. The van der Waals surface area contributed by atoms with Crippen LogP contribution in [0.1, 0.15) is 17.5 Å². The monoisotopic (exact) mass is 544 g/mol. The van der Waals surface area contributed by atoms with Gasteiger partial charge in [-0.25, -0.2) is 4.79 Å². The van der Waals surface area contributed by atoms with Crippen LogP contribution in [0.2, 0.25) is 0 Å². The third kappa shape index (κ3) is 7.42. The number of aliphatic hydroxyl groups excluding tert-OH is 3. The molecule has 0 aliphatic carbocycles. The van der Waals surface area contributed by atoms with Crippen molar-refractivity contribution in [3.63, 3.8) is 0 Å². The number of aliphatic carboxylic acids is 1. The van der Waals surface area contributed by atoms with Crippen LogP contribution in [0, 0.1) is 0 Å². The Morgan fingerprint density at radius 2 is 1.38 bits per heavy atom. The summed E-state index contributed by atoms with van der Waals surface area (Å²) in [5.41, 5.74) is 1.10. The highest BCUT2D eigenvalue weighted by Gasteiger charge is 2.48. The van der Waals surface area contributed by atoms with Crippen LogP contribution in [0.4, 0.5) is 0 Å². The van der Waals surface area contributed by atoms with Crippen molar-refractivity contribution in [2.45, 2.75) is 37.1 Å². The summed E-state index contributed by atoms with van der Waals surface area (Å²) in [6.45, 7) is 0. The summed E-state index contributed by atoms with van der Waals surface area (Å²) in [5.74, 6) is -2.07. The molecule has 1 heterocycles. The second-order valence-electron chi connectivity index (χ2n) is 8.47. The quantitative estimate of drug-likeness (QED) is 0.199. The highest BCUT2D eigenvalue weighted by molar-refractivity contribution is 6.10. The lowest BCUT2D eigenvalue weighted by Gasteiger charge is -2.38. The molecule has 0 saturated carbocycles. The third-order valence-electron chi connectivity index (χ3n) is 5.72. The fourth-order valence-corrected chi connectivity index (χ4v) is 3.63. The molecule has 0 spiro atoms. The number of aliphatic hydroxyl groups is 3. The van der Waals surface area contributed by atoms with Gasteiger partial charge in [-0.15, -0.1) is 0 Å². The van der Waals surface area contributed by atoms with E-state index in [0.29, 0.717) is 11.1 Å². The molecule has 1 fully saturated rings. The Labute approximate surface area is 222 Å². The molecule has 5 atom stereocenters. The van der Waals surface area contributed by atoms with Gasteiger partial charge < -0.3 is 44.5 Å². The summed E-state index contributed by atoms with van der Waals surface area (Å²) in [7, 11) is 2.73. The fourth-order valence-electron chi connectivity index (χ4n) is 3.63. The van der Waals surface area contributed by atoms with E-state index in [-0.39, 0.29) is 29.4 Å². The highest BCUT2D eigenvalue weighted by Crippen LogP contribution is 2.32. The number of hydrogen-bond acceptors (Lipinski definition) is 11. The second-order valence-corrected chi connectivity index (χ2v) is 8.47. The molecule has 208 valence electrons. The van der Waals surface area contributed by atoms with Crippen molar-refractivity contribution in [1.29, 1.82) is 0 Å². The summed E-state index contributed by atoms with van der Waals surface area (Å²) >= 11 is 0. The van der Waals surface area contributed by atoms with Gasteiger partial charge in [0.05, 0.1) is 20.6 Å². The molecule has 0 bridgehead atoms. The van der Waals surface area contributed by atoms with Crippen molar-refractivity contribution < 1.29 is 58.9 Å². The zero-order valence-electron chi connectivity index (χ0n) is 21.0. The lowest BCUT2D eigenvalue weighted by Crippen LogP contribution is -2.61. The van der Waals surface area contributed by atoms with Gasteiger partial charge in [-0.2, -0.15) is 0 Å². The summed E-state index contributed by atoms with van der Waals surface area (Å²) < 4.78 is 20.9. The number of ketones is 2. The largest absolute Gasteiger partial charge is 0.504 e. The van der Waals surface area contributed by atoms with Crippen LogP contribution in [0.5, 0.6) is 23.0 Å². The van der Waals surface area contributed by atoms with Gasteiger partial charge in [-0.05, 0) is 47.5 Å². The van der Waals surface area contributed by atoms with E-state index in [9.17, 15) is 39.9 Å². The number of methoxy groups -OCH3 is 2. The smallest absolute Gasteiger partial charge is 0.335 e. The van der Waals surface area contributed by atoms with Crippen LogP contribution in [-0.4, -0.2) is 88.0 Å². The van der Waals surface area contributed by atoms with Crippen LogP contribution in [0.15, 0.2) is 48.6 Å². The van der Waals surface area contributed by atoms with E-state index < -0.39 is 48.2 Å². The summed E-state index contributed by atoms with van der Waals surface area (Å²) in [6, 6.07) is 8.96. The molecule has 5 N–H and O–H groups in total. The Bertz CT molecular complexity index is 1270. The predicted molar refractivity (Wildman–Crippen MR) is 135 cm³/mol. The Kier molecular flexibility index (Phi) is 9.79. The Morgan fingerprint density at radius 1 is 0.821 bits per heavy atom. The molecule has 39 heavy (non-hydrogen) atoms. The predicted octanol–water partition coefficient (Wildman–Crippen LogP) is 0.935. The number of phenolic OH excluding ortho intramolecular Hbond substituents is 1. The zero-order chi connectivity index (χ0) is 28.7. The molecular formula is C27H28O12. The average molecular weight is 545 g/mol. The molecule has 0 unspecified atom stereocenters. The van der Waals surface area contributed by atoms with Crippen LogP contribution in [-0.2, 0) is 19.1 Å². The molecule has 0 aromatic heterocycles. The fraction of sp³-hybridized carbons (Fsp3) is 0.296. The maximum Gasteiger partial charge on any atom is 0.335 e. The summed E-state index contributed by atoms with van der Waals surface area (Å²) in [6.07, 6.45) is -3.85. The second kappa shape index (κ2) is 13.0. The minimum Gasteiger partial charge on any atom is -0.504 e. The molecule has 1 aliphatic heterocycles. The Morgan fingerprint density at radius 3 is 1.95 bits per heavy atom. The lowest BCUT2D eigenvalue weighted by molar-refractivity contribution is -0.271. The van der Waals surface area contributed by atoms with E-state index >= 15 is 0 Å². The van der Waals surface area contributed by atoms with Gasteiger partial charge in [-0.1, -0.05) is 24.3 Å². The molecule has 0 amide bonds. The van der Waals surface area contributed by atoms with Gasteiger partial charge in [-0.3, -0.25) is 9.59 Å². The van der Waals surface area contributed by atoms with Crippen LogP contribution >= 0.6 is 0 Å². The van der Waals surface area contributed by atoms with E-state index in [1.54, 1.807) is 12.1 Å². The first-order valence-electron chi connectivity index (χ1n) is 11.6. The first-order valence-corrected chi connectivity index (χ1v) is 11.6. The van der Waals surface area contributed by atoms with Crippen molar-refractivity contribution >= 4 is 29.7 Å². The molecule has 2 aromatic rings. The number of carboxylic acids is 1. The number of ether oxygens (including phenoxy) is 4. The first kappa shape index (κ1) is 29.3. The minimum atomic E-state index is -1.86. The molecule has 0 radical (unpaired) electrons. The minimum absolute atomic E-state index is 0.0314. The number of carboxylic acid groups (broad SMARTS) is 1. The van der Waals surface area contributed by atoms with Gasteiger partial charge >= 0.3 is 5.97 Å². The van der Waals surface area contributed by atoms with Crippen molar-refractivity contribution in [1.82, 2.24) is 0 Å². The molecule has 2 aromatic carbocycles. The highest BCUT2D eigenvalue weighted by atomic mass is 16.7. The van der Waals surface area contributed by atoms with Crippen molar-refractivity contribution in [2.24, 2.45) is 0 Å². The van der Waals surface area contributed by atoms with E-state index in [2.05, 4.69) is 0 Å². The number of rotatable bonds is 11. The third-order valence-corrected chi connectivity index (χ3v) is 5.72. The van der Waals surface area contributed by atoms with Crippen LogP contribution < -0.4 is 14.2 Å². The number of phenols is 1. The lowest BCUT2D eigenvalue weighted by atomic mass is 9.99. The van der Waals surface area contributed by atoms with Crippen molar-refractivity contribution in [2.75, 3.05) is 14.2 Å². The number of carbonyl (C=O) groups is 3. The van der Waals surface area contributed by atoms with Gasteiger partial charge in [0.25, 0.3) is 0 Å². The van der Waals surface area contributed by atoms with Gasteiger partial charge in [0.1, 0.15) is 18.3 Å². The molecule has 1 saturated heterocycles. The number of carbonyl (C=O) groups excluding carboxylic acids is 2. The van der Waals surface area contributed by atoms with Crippen LogP contribution in [0.3, 0.4) is 0 Å². The molecule has 1 aliphatic rings. The topological polar surface area (TPSA) is 189 Å². The summed E-state index contributed by atoms with van der Waals surface area (Å²) in [4.78, 5) is 35.7. The molecular weight excluding hydrogens is 516 g/mol. The Hall–Kier alpha value is -4.23. The maximum absolute atomic E-state index is 12.3. The van der Waals surface area contributed by atoms with Crippen molar-refractivity contribution in [3.8, 4) is 23.0 Å². The molecule has 3 rings (SSSR count). The van der Waals surface area contributed by atoms with Crippen LogP contribution in [0.25, 0.3) is 12.2 Å². The van der Waals surface area contributed by atoms with Gasteiger partial charge in [0.2, 0.25) is 6.29 Å². The summed E-state index contributed by atoms with van der Waals surface area (Å²) in [5, 5.41) is 48.7. The number of allylic oxidation sites excluding steroid dienone is 2. The van der Waals surface area contributed by atoms with E-state index in [4.69, 9.17) is 18.9 Å². The number of benzene rings is 2. The standard InChI is InChI=1S/C27H28O12/c1-36-20-11-14(5-9-18(20)30)3-7-16(28)13-17(29)8-4-15-6-10-19(21(12-15)37-2)38-27-24(33)22(31)23(32)25(39-27)26(34)35/h3-12,22-25,27,30-33H,13H2,1-2H3,(H,34,35)/t22-,23-,24+,25-,27+/m0/s1. The normalized spacial score (nSPS) is 23.1. The Balaban J connectivity index is 1.63. The number of aromatic hydroxyl groups is 1.